The molecule has 0 aliphatic carbocycles. The lowest BCUT2D eigenvalue weighted by molar-refractivity contribution is -0.113. The fourth-order valence-electron chi connectivity index (χ4n) is 2.06. The van der Waals surface area contributed by atoms with Gasteiger partial charge in [-0.05, 0) is 12.1 Å². The molecule has 0 aliphatic heterocycles. The highest BCUT2D eigenvalue weighted by atomic mass is 32.2. The Kier molecular flexibility index (Phi) is 5.33. The predicted octanol–water partition coefficient (Wildman–Crippen LogP) is 2.76. The van der Waals surface area contributed by atoms with E-state index >= 15 is 0 Å². The van der Waals surface area contributed by atoms with Crippen LogP contribution < -0.4 is 5.32 Å². The van der Waals surface area contributed by atoms with Crippen LogP contribution in [-0.2, 0) is 17.3 Å². The standard InChI is InChI=1S/C16H19N7OS2/c1-16(2,3)13-20-21-14(26-13)18-11(24)9-25-15-22-19-12(23(15)4)10-5-7-17-8-6-10/h5-8H,9H2,1-4H3,(H,18,21,24). The number of rotatable bonds is 5. The summed E-state index contributed by atoms with van der Waals surface area (Å²) < 4.78 is 1.86. The third-order valence-electron chi connectivity index (χ3n) is 3.42. The van der Waals surface area contributed by atoms with Crippen LogP contribution in [0.15, 0.2) is 29.7 Å². The van der Waals surface area contributed by atoms with Crippen molar-refractivity contribution >= 4 is 34.1 Å². The first kappa shape index (κ1) is 18.5. The number of thioether (sulfide) groups is 1. The monoisotopic (exact) mass is 389 g/mol. The number of aromatic nitrogens is 6. The quantitative estimate of drug-likeness (QED) is 0.670. The summed E-state index contributed by atoms with van der Waals surface area (Å²) in [4.78, 5) is 16.2. The van der Waals surface area contributed by atoms with E-state index in [-0.39, 0.29) is 17.1 Å². The van der Waals surface area contributed by atoms with Gasteiger partial charge < -0.3 is 4.57 Å². The number of hydrogen-bond donors (Lipinski definition) is 1. The van der Waals surface area contributed by atoms with Gasteiger partial charge in [0.1, 0.15) is 5.01 Å². The number of anilines is 1. The number of nitrogens with zero attached hydrogens (tertiary/aromatic N) is 6. The molecule has 1 N–H and O–H groups in total. The van der Waals surface area contributed by atoms with Crippen molar-refractivity contribution in [2.75, 3.05) is 11.1 Å². The van der Waals surface area contributed by atoms with Gasteiger partial charge in [0.2, 0.25) is 11.0 Å². The van der Waals surface area contributed by atoms with E-state index in [1.165, 1.54) is 23.1 Å². The summed E-state index contributed by atoms with van der Waals surface area (Å²) in [5.41, 5.74) is 0.840. The Morgan fingerprint density at radius 3 is 2.58 bits per heavy atom. The second-order valence-electron chi connectivity index (χ2n) is 6.60. The molecule has 0 fully saturated rings. The highest BCUT2D eigenvalue weighted by molar-refractivity contribution is 7.99. The van der Waals surface area contributed by atoms with Gasteiger partial charge in [0, 0.05) is 30.4 Å². The number of hydrogen-bond acceptors (Lipinski definition) is 8. The predicted molar refractivity (Wildman–Crippen MR) is 102 cm³/mol. The van der Waals surface area contributed by atoms with Crippen molar-refractivity contribution < 1.29 is 4.79 Å². The van der Waals surface area contributed by atoms with Gasteiger partial charge in [-0.25, -0.2) is 0 Å². The van der Waals surface area contributed by atoms with Crippen molar-refractivity contribution in [2.45, 2.75) is 31.3 Å². The molecule has 8 nitrogen and oxygen atoms in total. The lowest BCUT2D eigenvalue weighted by atomic mass is 9.98. The van der Waals surface area contributed by atoms with Crippen LogP contribution in [0.3, 0.4) is 0 Å². The molecule has 1 amide bonds. The minimum atomic E-state index is -0.153. The maximum absolute atomic E-state index is 12.2. The Hall–Kier alpha value is -2.33. The summed E-state index contributed by atoms with van der Waals surface area (Å²) in [5.74, 6) is 0.793. The normalized spacial score (nSPS) is 11.5. The minimum absolute atomic E-state index is 0.0859. The van der Waals surface area contributed by atoms with Crippen LogP contribution in [0.5, 0.6) is 0 Å². The van der Waals surface area contributed by atoms with Crippen LogP contribution in [0.4, 0.5) is 5.13 Å². The highest BCUT2D eigenvalue weighted by Gasteiger charge is 2.20. The minimum Gasteiger partial charge on any atom is -0.305 e. The molecule has 10 heteroatoms. The van der Waals surface area contributed by atoms with E-state index in [0.29, 0.717) is 10.3 Å². The van der Waals surface area contributed by atoms with Gasteiger partial charge in [-0.1, -0.05) is 43.9 Å². The van der Waals surface area contributed by atoms with Crippen LogP contribution in [0, 0.1) is 0 Å². The van der Waals surface area contributed by atoms with E-state index in [2.05, 4.69) is 51.5 Å². The van der Waals surface area contributed by atoms with Crippen LogP contribution >= 0.6 is 23.1 Å². The average molecular weight is 390 g/mol. The largest absolute Gasteiger partial charge is 0.305 e. The SMILES string of the molecule is Cn1c(SCC(=O)Nc2nnc(C(C)(C)C)s2)nnc1-c1ccncc1. The van der Waals surface area contributed by atoms with Crippen LogP contribution in [0.1, 0.15) is 25.8 Å². The van der Waals surface area contributed by atoms with Gasteiger partial charge in [-0.2, -0.15) is 0 Å². The van der Waals surface area contributed by atoms with E-state index in [9.17, 15) is 4.79 Å². The second-order valence-corrected chi connectivity index (χ2v) is 8.52. The number of pyridine rings is 1. The molecule has 0 saturated heterocycles. The molecule has 3 rings (SSSR count). The fraction of sp³-hybridized carbons (Fsp3) is 0.375. The molecule has 0 radical (unpaired) electrons. The van der Waals surface area contributed by atoms with E-state index in [1.54, 1.807) is 12.4 Å². The first-order valence-electron chi connectivity index (χ1n) is 7.91. The Bertz CT molecular complexity index is 899. The van der Waals surface area contributed by atoms with Crippen LogP contribution in [-0.4, -0.2) is 41.6 Å². The number of amides is 1. The summed E-state index contributed by atoms with van der Waals surface area (Å²) in [7, 11) is 1.87. The first-order chi connectivity index (χ1) is 12.3. The third kappa shape index (κ3) is 4.25. The van der Waals surface area contributed by atoms with E-state index < -0.39 is 0 Å². The lowest BCUT2D eigenvalue weighted by Gasteiger charge is -2.12. The molecule has 0 saturated carbocycles. The van der Waals surface area contributed by atoms with Gasteiger partial charge >= 0.3 is 0 Å². The van der Waals surface area contributed by atoms with Gasteiger partial charge in [0.05, 0.1) is 5.75 Å². The summed E-state index contributed by atoms with van der Waals surface area (Å²) in [6.07, 6.45) is 3.41. The maximum Gasteiger partial charge on any atom is 0.236 e. The topological polar surface area (TPSA) is 98.5 Å². The summed E-state index contributed by atoms with van der Waals surface area (Å²) >= 11 is 2.71. The molecule has 3 aromatic heterocycles. The Labute approximate surface area is 159 Å². The zero-order chi connectivity index (χ0) is 18.7. The van der Waals surface area contributed by atoms with Gasteiger partial charge in [0.25, 0.3) is 0 Å². The number of carbonyl (C=O) groups is 1. The van der Waals surface area contributed by atoms with Gasteiger partial charge in [-0.15, -0.1) is 20.4 Å². The van der Waals surface area contributed by atoms with Crippen molar-refractivity contribution in [1.82, 2.24) is 29.9 Å². The Morgan fingerprint density at radius 2 is 1.92 bits per heavy atom. The highest BCUT2D eigenvalue weighted by Crippen LogP contribution is 2.28. The molecule has 26 heavy (non-hydrogen) atoms. The fourth-order valence-corrected chi connectivity index (χ4v) is 3.58. The van der Waals surface area contributed by atoms with Crippen molar-refractivity contribution in [1.29, 1.82) is 0 Å². The third-order valence-corrected chi connectivity index (χ3v) is 5.70. The van der Waals surface area contributed by atoms with Gasteiger partial charge in [0.15, 0.2) is 11.0 Å². The molecule has 0 aliphatic rings. The molecule has 0 atom stereocenters. The van der Waals surface area contributed by atoms with E-state index in [0.717, 1.165) is 16.4 Å². The van der Waals surface area contributed by atoms with Crippen molar-refractivity contribution in [2.24, 2.45) is 7.05 Å². The Morgan fingerprint density at radius 1 is 1.19 bits per heavy atom. The molecule has 0 aromatic carbocycles. The summed E-state index contributed by atoms with van der Waals surface area (Å²) in [5, 5.41) is 21.3. The summed E-state index contributed by atoms with van der Waals surface area (Å²) in [6.45, 7) is 6.18. The lowest BCUT2D eigenvalue weighted by Crippen LogP contribution is -2.14. The van der Waals surface area contributed by atoms with Crippen LogP contribution in [0.2, 0.25) is 0 Å². The molecule has 0 bridgehead atoms. The number of carbonyl (C=O) groups excluding carboxylic acids is 1. The second kappa shape index (κ2) is 7.50. The van der Waals surface area contributed by atoms with Crippen molar-refractivity contribution in [3.63, 3.8) is 0 Å². The molecular weight excluding hydrogens is 370 g/mol. The molecular formula is C16H19N7OS2. The summed E-state index contributed by atoms with van der Waals surface area (Å²) in [6, 6.07) is 3.74. The molecule has 0 unspecified atom stereocenters. The zero-order valence-electron chi connectivity index (χ0n) is 14.9. The first-order valence-corrected chi connectivity index (χ1v) is 9.71. The maximum atomic E-state index is 12.2. The molecule has 0 spiro atoms. The zero-order valence-corrected chi connectivity index (χ0v) is 16.6. The van der Waals surface area contributed by atoms with E-state index in [4.69, 9.17) is 0 Å². The van der Waals surface area contributed by atoms with Crippen molar-refractivity contribution in [3.8, 4) is 11.4 Å². The van der Waals surface area contributed by atoms with Crippen molar-refractivity contribution in [3.05, 3.63) is 29.5 Å². The van der Waals surface area contributed by atoms with Gasteiger partial charge in [-0.3, -0.25) is 15.1 Å². The smallest absolute Gasteiger partial charge is 0.236 e. The Balaban J connectivity index is 1.60. The molecule has 3 heterocycles. The average Bonchev–Trinajstić information content (AvgIpc) is 3.20. The molecule has 136 valence electrons. The molecule has 3 aromatic rings. The van der Waals surface area contributed by atoms with E-state index in [1.807, 2.05) is 23.7 Å². The number of nitrogens with one attached hydrogen (secondary N) is 1. The van der Waals surface area contributed by atoms with Crippen LogP contribution in [0.25, 0.3) is 11.4 Å².